The number of carboxylic acid groups (broad SMARTS) is 1. The van der Waals surface area contributed by atoms with Crippen molar-refractivity contribution in [2.45, 2.75) is 33.1 Å². The number of aliphatic carboxylic acids is 1. The maximum absolute atomic E-state index is 11.6. The van der Waals surface area contributed by atoms with Gasteiger partial charge < -0.3 is 21.5 Å². The number of carbonyl (C=O) groups is 3. The second kappa shape index (κ2) is 6.58. The van der Waals surface area contributed by atoms with Gasteiger partial charge >= 0.3 is 12.0 Å². The predicted molar refractivity (Wildman–Crippen MR) is 72.8 cm³/mol. The number of nitrogens with one attached hydrogen (secondary N) is 2. The number of amides is 3. The molecule has 0 spiro atoms. The highest BCUT2D eigenvalue weighted by molar-refractivity contribution is 5.81. The Morgan fingerprint density at radius 1 is 1.25 bits per heavy atom. The van der Waals surface area contributed by atoms with E-state index in [9.17, 15) is 14.4 Å². The van der Waals surface area contributed by atoms with Crippen molar-refractivity contribution in [1.82, 2.24) is 10.6 Å². The summed E-state index contributed by atoms with van der Waals surface area (Å²) >= 11 is 0. The lowest BCUT2D eigenvalue weighted by Gasteiger charge is -2.21. The fourth-order valence-electron chi connectivity index (χ4n) is 2.28. The monoisotopic (exact) mass is 285 g/mol. The van der Waals surface area contributed by atoms with Crippen molar-refractivity contribution < 1.29 is 19.5 Å². The van der Waals surface area contributed by atoms with Crippen LogP contribution in [0.2, 0.25) is 0 Å². The van der Waals surface area contributed by atoms with Crippen LogP contribution in [0, 0.1) is 17.3 Å². The van der Waals surface area contributed by atoms with Gasteiger partial charge in [0, 0.05) is 13.1 Å². The quantitative estimate of drug-likeness (QED) is 0.560. The summed E-state index contributed by atoms with van der Waals surface area (Å²) in [4.78, 5) is 33.7. The third-order valence-electron chi connectivity index (χ3n) is 3.86. The van der Waals surface area contributed by atoms with Crippen LogP contribution < -0.4 is 16.4 Å². The third kappa shape index (κ3) is 4.40. The molecule has 0 aromatic carbocycles. The van der Waals surface area contributed by atoms with Gasteiger partial charge in [-0.2, -0.15) is 0 Å². The Kier molecular flexibility index (Phi) is 5.35. The molecule has 5 N–H and O–H groups in total. The predicted octanol–water partition coefficient (Wildman–Crippen LogP) is 0.298. The van der Waals surface area contributed by atoms with Gasteiger partial charge in [0.15, 0.2) is 0 Å². The first-order valence-corrected chi connectivity index (χ1v) is 6.78. The van der Waals surface area contributed by atoms with Gasteiger partial charge in [-0.05, 0) is 32.6 Å². The number of urea groups is 1. The fraction of sp³-hybridized carbons (Fsp3) is 0.769. The zero-order valence-corrected chi connectivity index (χ0v) is 11.9. The Bertz CT molecular complexity index is 395. The van der Waals surface area contributed by atoms with Gasteiger partial charge in [-0.15, -0.1) is 0 Å². The van der Waals surface area contributed by atoms with Crippen molar-refractivity contribution in [3.8, 4) is 0 Å². The van der Waals surface area contributed by atoms with Crippen LogP contribution in [0.5, 0.6) is 0 Å². The molecule has 0 saturated heterocycles. The van der Waals surface area contributed by atoms with E-state index in [-0.39, 0.29) is 18.4 Å². The van der Waals surface area contributed by atoms with E-state index in [0.717, 1.165) is 12.8 Å². The number of carboxylic acids is 1. The highest BCUT2D eigenvalue weighted by atomic mass is 16.4. The number of hydrogen-bond acceptors (Lipinski definition) is 3. The van der Waals surface area contributed by atoms with E-state index in [4.69, 9.17) is 10.8 Å². The summed E-state index contributed by atoms with van der Waals surface area (Å²) in [5.41, 5.74) is 4.39. The molecule has 3 amide bonds. The van der Waals surface area contributed by atoms with Crippen molar-refractivity contribution in [2.24, 2.45) is 23.0 Å². The minimum Gasteiger partial charge on any atom is -0.481 e. The van der Waals surface area contributed by atoms with Crippen LogP contribution in [0.3, 0.4) is 0 Å². The molecule has 1 fully saturated rings. The number of carbonyl (C=O) groups excluding carboxylic acids is 2. The fourth-order valence-corrected chi connectivity index (χ4v) is 2.28. The van der Waals surface area contributed by atoms with E-state index in [1.54, 1.807) is 13.8 Å². The van der Waals surface area contributed by atoms with Gasteiger partial charge in [0.1, 0.15) is 0 Å². The van der Waals surface area contributed by atoms with Crippen LogP contribution in [-0.4, -0.2) is 36.1 Å². The van der Waals surface area contributed by atoms with Gasteiger partial charge in [-0.25, -0.2) is 4.79 Å². The van der Waals surface area contributed by atoms with Crippen molar-refractivity contribution in [2.75, 3.05) is 13.1 Å². The van der Waals surface area contributed by atoms with E-state index < -0.39 is 23.3 Å². The van der Waals surface area contributed by atoms with E-state index in [1.807, 2.05) is 0 Å². The Labute approximate surface area is 118 Å². The molecule has 1 aliphatic rings. The molecule has 2 atom stereocenters. The molecule has 0 aromatic heterocycles. The summed E-state index contributed by atoms with van der Waals surface area (Å²) in [5.74, 6) is -1.69. The average Bonchev–Trinajstić information content (AvgIpc) is 2.82. The lowest BCUT2D eigenvalue weighted by atomic mass is 9.93. The van der Waals surface area contributed by atoms with Crippen molar-refractivity contribution in [3.05, 3.63) is 0 Å². The molecule has 114 valence electrons. The van der Waals surface area contributed by atoms with E-state index in [1.165, 1.54) is 0 Å². The highest BCUT2D eigenvalue weighted by Gasteiger charge is 2.33. The van der Waals surface area contributed by atoms with Crippen LogP contribution in [0.15, 0.2) is 0 Å². The summed E-state index contributed by atoms with van der Waals surface area (Å²) in [6.45, 7) is 3.76. The van der Waals surface area contributed by atoms with E-state index in [0.29, 0.717) is 13.0 Å². The molecule has 1 aliphatic carbocycles. The standard InChI is InChI=1S/C13H23N3O4/c1-13(2,11(14)19)7-16-12(20)15-6-8-4-3-5-9(8)10(17)18/h8-9H,3-7H2,1-2H3,(H2,14,19)(H,17,18)(H2,15,16,20). The van der Waals surface area contributed by atoms with Crippen LogP contribution in [-0.2, 0) is 9.59 Å². The van der Waals surface area contributed by atoms with Gasteiger partial charge in [-0.1, -0.05) is 6.42 Å². The topological polar surface area (TPSA) is 122 Å². The molecule has 1 saturated carbocycles. The summed E-state index contributed by atoms with van der Waals surface area (Å²) in [7, 11) is 0. The second-order valence-corrected chi connectivity index (χ2v) is 5.95. The van der Waals surface area contributed by atoms with Gasteiger partial charge in [0.05, 0.1) is 11.3 Å². The van der Waals surface area contributed by atoms with Crippen LogP contribution in [0.25, 0.3) is 0 Å². The van der Waals surface area contributed by atoms with Gasteiger partial charge in [-0.3, -0.25) is 9.59 Å². The van der Waals surface area contributed by atoms with E-state index >= 15 is 0 Å². The average molecular weight is 285 g/mol. The van der Waals surface area contributed by atoms with Gasteiger partial charge in [0.2, 0.25) is 5.91 Å². The number of nitrogens with two attached hydrogens (primary N) is 1. The maximum atomic E-state index is 11.6. The molecule has 20 heavy (non-hydrogen) atoms. The first-order chi connectivity index (χ1) is 9.24. The summed E-state index contributed by atoms with van der Waals surface area (Å²) in [5, 5.41) is 14.3. The van der Waals surface area contributed by atoms with Crippen molar-refractivity contribution >= 4 is 17.9 Å². The summed E-state index contributed by atoms with van der Waals surface area (Å²) in [6, 6.07) is -0.407. The Balaban J connectivity index is 2.33. The minimum absolute atomic E-state index is 0.0256. The highest BCUT2D eigenvalue weighted by Crippen LogP contribution is 2.31. The zero-order chi connectivity index (χ0) is 15.3. The minimum atomic E-state index is -0.811. The summed E-state index contributed by atoms with van der Waals surface area (Å²) < 4.78 is 0. The molecule has 0 radical (unpaired) electrons. The first kappa shape index (κ1) is 16.3. The summed E-state index contributed by atoms with van der Waals surface area (Å²) in [6.07, 6.45) is 2.35. The van der Waals surface area contributed by atoms with Gasteiger partial charge in [0.25, 0.3) is 0 Å². The zero-order valence-electron chi connectivity index (χ0n) is 11.9. The lowest BCUT2D eigenvalue weighted by molar-refractivity contribution is -0.142. The van der Waals surface area contributed by atoms with Crippen LogP contribution in [0.4, 0.5) is 4.79 Å². The number of primary amides is 1. The molecule has 0 aliphatic heterocycles. The molecular weight excluding hydrogens is 262 g/mol. The Morgan fingerprint density at radius 2 is 1.90 bits per heavy atom. The largest absolute Gasteiger partial charge is 0.481 e. The smallest absolute Gasteiger partial charge is 0.314 e. The SMILES string of the molecule is CC(C)(CNC(=O)NCC1CCCC1C(=O)O)C(N)=O. The first-order valence-electron chi connectivity index (χ1n) is 6.78. The third-order valence-corrected chi connectivity index (χ3v) is 3.86. The molecule has 0 aromatic rings. The molecule has 7 heteroatoms. The van der Waals surface area contributed by atoms with Crippen molar-refractivity contribution in [3.63, 3.8) is 0 Å². The maximum Gasteiger partial charge on any atom is 0.314 e. The lowest BCUT2D eigenvalue weighted by Crippen LogP contribution is -2.46. The normalized spacial score (nSPS) is 22.3. The van der Waals surface area contributed by atoms with Crippen LogP contribution >= 0.6 is 0 Å². The molecule has 0 heterocycles. The molecule has 0 bridgehead atoms. The van der Waals surface area contributed by atoms with Crippen LogP contribution in [0.1, 0.15) is 33.1 Å². The molecule has 1 rings (SSSR count). The van der Waals surface area contributed by atoms with E-state index in [2.05, 4.69) is 10.6 Å². The molecule has 2 unspecified atom stereocenters. The van der Waals surface area contributed by atoms with Crippen molar-refractivity contribution in [1.29, 1.82) is 0 Å². The Hall–Kier alpha value is -1.79. The molecular formula is C13H23N3O4. The number of rotatable bonds is 6. The Morgan fingerprint density at radius 3 is 2.45 bits per heavy atom. The second-order valence-electron chi connectivity index (χ2n) is 5.95. The molecule has 7 nitrogen and oxygen atoms in total. The number of hydrogen-bond donors (Lipinski definition) is 4.